The fourth-order valence-electron chi connectivity index (χ4n) is 7.18. The third-order valence-corrected chi connectivity index (χ3v) is 10.6. The Morgan fingerprint density at radius 1 is 0.438 bits per heavy atom. The summed E-state index contributed by atoms with van der Waals surface area (Å²) in [5, 5.41) is 6.00. The van der Waals surface area contributed by atoms with Crippen molar-refractivity contribution < 1.29 is 0 Å². The van der Waals surface area contributed by atoms with Gasteiger partial charge in [-0.05, 0) is 47.5 Å². The van der Waals surface area contributed by atoms with Crippen molar-refractivity contribution in [3.05, 3.63) is 164 Å². The molecule has 0 aliphatic carbocycles. The third-order valence-electron chi connectivity index (χ3n) is 9.41. The van der Waals surface area contributed by atoms with Crippen molar-refractivity contribution >= 4 is 64.2 Å². The summed E-state index contributed by atoms with van der Waals surface area (Å²) in [6.45, 7) is 0. The molecule has 0 amide bonds. The Bertz CT molecular complexity index is 2770. The van der Waals surface area contributed by atoms with Crippen LogP contribution in [0.5, 0.6) is 0 Å². The Labute approximate surface area is 281 Å². The summed E-state index contributed by atoms with van der Waals surface area (Å²) >= 11 is 1.81. The minimum atomic E-state index is 0.731. The van der Waals surface area contributed by atoms with E-state index in [4.69, 9.17) is 9.97 Å². The van der Waals surface area contributed by atoms with Crippen LogP contribution in [0.25, 0.3) is 92.3 Å². The molecule has 4 heteroatoms. The van der Waals surface area contributed by atoms with Crippen molar-refractivity contribution in [2.75, 3.05) is 0 Å². The van der Waals surface area contributed by atoms with Crippen LogP contribution in [-0.2, 0) is 0 Å². The number of fused-ring (bicyclic) bond motifs is 7. The third kappa shape index (κ3) is 4.20. The Kier molecular flexibility index (Phi) is 6.05. The standard InChI is InChI=1S/C44H27N3S/c1-2-12-28(13-3-1)29-22-24-30(25-23-29)42-35-17-4-8-18-38(35)45-44(46-42)37-27-31(26-36-34-16-7-11-21-41(34)48-43(36)37)47-39-19-9-5-14-32(39)33-15-6-10-20-40(33)47/h1-27H. The smallest absolute Gasteiger partial charge is 0.161 e. The Morgan fingerprint density at radius 3 is 1.77 bits per heavy atom. The summed E-state index contributed by atoms with van der Waals surface area (Å²) in [6, 6.07) is 58.3. The highest BCUT2D eigenvalue weighted by molar-refractivity contribution is 7.26. The summed E-state index contributed by atoms with van der Waals surface area (Å²) in [4.78, 5) is 10.6. The number of rotatable bonds is 4. The first-order chi connectivity index (χ1) is 23.8. The van der Waals surface area contributed by atoms with Crippen LogP contribution in [0.15, 0.2) is 164 Å². The first-order valence-corrected chi connectivity index (χ1v) is 17.0. The Hall–Kier alpha value is -6.10. The van der Waals surface area contributed by atoms with E-state index >= 15 is 0 Å². The van der Waals surface area contributed by atoms with Gasteiger partial charge in [0.25, 0.3) is 0 Å². The molecule has 0 aliphatic heterocycles. The van der Waals surface area contributed by atoms with Gasteiger partial charge in [-0.25, -0.2) is 9.97 Å². The molecule has 3 nitrogen and oxygen atoms in total. The fourth-order valence-corrected chi connectivity index (χ4v) is 8.37. The molecule has 0 fully saturated rings. The van der Waals surface area contributed by atoms with E-state index < -0.39 is 0 Å². The van der Waals surface area contributed by atoms with Crippen LogP contribution in [0, 0.1) is 0 Å². The van der Waals surface area contributed by atoms with Crippen LogP contribution in [0.2, 0.25) is 0 Å². The molecule has 3 aromatic heterocycles. The summed E-state index contributed by atoms with van der Waals surface area (Å²) < 4.78 is 4.84. The Morgan fingerprint density at radius 2 is 1.02 bits per heavy atom. The van der Waals surface area contributed by atoms with Gasteiger partial charge in [0.05, 0.1) is 22.2 Å². The zero-order valence-electron chi connectivity index (χ0n) is 25.8. The highest BCUT2D eigenvalue weighted by atomic mass is 32.1. The molecule has 0 saturated heterocycles. The van der Waals surface area contributed by atoms with Crippen LogP contribution in [0.3, 0.4) is 0 Å². The maximum absolute atomic E-state index is 5.40. The monoisotopic (exact) mass is 629 g/mol. The van der Waals surface area contributed by atoms with E-state index in [1.807, 2.05) is 11.3 Å². The highest BCUT2D eigenvalue weighted by Gasteiger charge is 2.20. The van der Waals surface area contributed by atoms with Crippen molar-refractivity contribution in [1.82, 2.24) is 14.5 Å². The van der Waals surface area contributed by atoms with Crippen LogP contribution < -0.4 is 0 Å². The lowest BCUT2D eigenvalue weighted by Gasteiger charge is -2.14. The number of nitrogens with zero attached hydrogens (tertiary/aromatic N) is 3. The van der Waals surface area contributed by atoms with Gasteiger partial charge < -0.3 is 4.57 Å². The highest BCUT2D eigenvalue weighted by Crippen LogP contribution is 2.43. The van der Waals surface area contributed by atoms with Gasteiger partial charge >= 0.3 is 0 Å². The largest absolute Gasteiger partial charge is 0.309 e. The van der Waals surface area contributed by atoms with Crippen molar-refractivity contribution in [2.45, 2.75) is 0 Å². The van der Waals surface area contributed by atoms with Gasteiger partial charge in [0.1, 0.15) is 0 Å². The molecule has 0 unspecified atom stereocenters. The predicted molar refractivity (Wildman–Crippen MR) is 203 cm³/mol. The van der Waals surface area contributed by atoms with Crippen molar-refractivity contribution in [3.8, 4) is 39.5 Å². The van der Waals surface area contributed by atoms with Gasteiger partial charge in [-0.3, -0.25) is 0 Å². The second-order valence-electron chi connectivity index (χ2n) is 12.2. The summed E-state index contributed by atoms with van der Waals surface area (Å²) in [5.41, 5.74) is 9.83. The summed E-state index contributed by atoms with van der Waals surface area (Å²) in [7, 11) is 0. The molecule has 0 spiro atoms. The first kappa shape index (κ1) is 27.1. The van der Waals surface area contributed by atoms with Crippen LogP contribution in [0.1, 0.15) is 0 Å². The van der Waals surface area contributed by atoms with Crippen molar-refractivity contribution in [3.63, 3.8) is 0 Å². The number of hydrogen-bond donors (Lipinski definition) is 0. The topological polar surface area (TPSA) is 30.7 Å². The molecule has 7 aromatic carbocycles. The summed E-state index contributed by atoms with van der Waals surface area (Å²) in [5.74, 6) is 0.731. The molecule has 224 valence electrons. The maximum atomic E-state index is 5.40. The summed E-state index contributed by atoms with van der Waals surface area (Å²) in [6.07, 6.45) is 0. The molecule has 3 heterocycles. The molecule has 0 atom stereocenters. The van der Waals surface area contributed by atoms with Crippen molar-refractivity contribution in [1.29, 1.82) is 0 Å². The molecule has 0 bridgehead atoms. The van der Waals surface area contributed by atoms with Gasteiger partial charge in [-0.15, -0.1) is 11.3 Å². The van der Waals surface area contributed by atoms with Crippen LogP contribution in [-0.4, -0.2) is 14.5 Å². The van der Waals surface area contributed by atoms with Gasteiger partial charge in [-0.2, -0.15) is 0 Å². The first-order valence-electron chi connectivity index (χ1n) is 16.2. The van der Waals surface area contributed by atoms with Gasteiger partial charge in [0.2, 0.25) is 0 Å². The zero-order valence-corrected chi connectivity index (χ0v) is 26.7. The molecule has 10 rings (SSSR count). The second kappa shape index (κ2) is 10.7. The Balaban J connectivity index is 1.25. The lowest BCUT2D eigenvalue weighted by atomic mass is 10.0. The zero-order chi connectivity index (χ0) is 31.6. The number of aromatic nitrogens is 3. The molecule has 0 saturated carbocycles. The van der Waals surface area contributed by atoms with Crippen molar-refractivity contribution in [2.24, 2.45) is 0 Å². The molecule has 0 radical (unpaired) electrons. The normalized spacial score (nSPS) is 11.8. The fraction of sp³-hybridized carbons (Fsp3) is 0. The van der Waals surface area contributed by atoms with Gasteiger partial charge in [0.15, 0.2) is 5.82 Å². The number of thiophene rings is 1. The van der Waals surface area contributed by atoms with E-state index in [2.05, 4.69) is 168 Å². The SMILES string of the molecule is c1ccc(-c2ccc(-c3nc(-c4cc(-n5c6ccccc6c6ccccc65)cc5c4sc4ccccc45)nc4ccccc34)cc2)cc1. The van der Waals surface area contributed by atoms with Crippen LogP contribution in [0.4, 0.5) is 0 Å². The molecule has 0 aliphatic rings. The quantitative estimate of drug-likeness (QED) is 0.194. The van der Waals surface area contributed by atoms with E-state index in [0.717, 1.165) is 39.2 Å². The van der Waals surface area contributed by atoms with E-state index in [1.165, 1.54) is 53.1 Å². The second-order valence-corrected chi connectivity index (χ2v) is 13.2. The van der Waals surface area contributed by atoms with Gasteiger partial charge in [0, 0.05) is 53.1 Å². The minimum absolute atomic E-state index is 0.731. The lowest BCUT2D eigenvalue weighted by Crippen LogP contribution is -1.98. The average Bonchev–Trinajstić information content (AvgIpc) is 3.70. The molecular weight excluding hydrogens is 603 g/mol. The van der Waals surface area contributed by atoms with E-state index in [9.17, 15) is 0 Å². The predicted octanol–water partition coefficient (Wildman–Crippen LogP) is 12.1. The number of benzene rings is 7. The van der Waals surface area contributed by atoms with E-state index in [1.54, 1.807) is 0 Å². The maximum Gasteiger partial charge on any atom is 0.161 e. The van der Waals surface area contributed by atoms with E-state index in [0.29, 0.717) is 0 Å². The number of para-hydroxylation sites is 3. The molecule has 48 heavy (non-hydrogen) atoms. The number of hydrogen-bond acceptors (Lipinski definition) is 3. The van der Waals surface area contributed by atoms with E-state index in [-0.39, 0.29) is 0 Å². The van der Waals surface area contributed by atoms with Crippen LogP contribution >= 0.6 is 11.3 Å². The lowest BCUT2D eigenvalue weighted by molar-refractivity contribution is 1.18. The van der Waals surface area contributed by atoms with Gasteiger partial charge in [-0.1, -0.05) is 127 Å². The molecule has 10 aromatic rings. The minimum Gasteiger partial charge on any atom is -0.309 e. The molecular formula is C44H27N3S. The average molecular weight is 630 g/mol. The molecule has 0 N–H and O–H groups in total.